The van der Waals surface area contributed by atoms with E-state index in [0.717, 1.165) is 5.56 Å². The highest BCUT2D eigenvalue weighted by molar-refractivity contribution is 6.42. The summed E-state index contributed by atoms with van der Waals surface area (Å²) in [6.07, 6.45) is 3.57. The van der Waals surface area contributed by atoms with E-state index in [1.807, 2.05) is 7.05 Å². The molecule has 0 saturated carbocycles. The van der Waals surface area contributed by atoms with E-state index in [1.54, 1.807) is 35.3 Å². The van der Waals surface area contributed by atoms with Gasteiger partial charge in [0.25, 0.3) is 0 Å². The van der Waals surface area contributed by atoms with E-state index in [4.69, 9.17) is 23.2 Å². The Hall–Kier alpha value is -1.32. The Balaban J connectivity index is 2.15. The standard InChI is InChI=1S/C12H10Cl2N2O/c1-16-6-11(15-7-16)12(17)5-8-2-3-9(13)10(14)4-8/h2-4,6-7H,5H2,1H3. The molecule has 0 N–H and O–H groups in total. The third kappa shape index (κ3) is 2.87. The van der Waals surface area contributed by atoms with Crippen molar-refractivity contribution in [1.82, 2.24) is 9.55 Å². The van der Waals surface area contributed by atoms with Gasteiger partial charge in [0, 0.05) is 19.7 Å². The minimum atomic E-state index is -0.0380. The first kappa shape index (κ1) is 12.1. The van der Waals surface area contributed by atoms with Crippen molar-refractivity contribution in [3.8, 4) is 0 Å². The van der Waals surface area contributed by atoms with Crippen molar-refractivity contribution < 1.29 is 4.79 Å². The molecule has 1 heterocycles. The van der Waals surface area contributed by atoms with E-state index in [2.05, 4.69) is 4.98 Å². The molecule has 1 aromatic heterocycles. The number of imidazole rings is 1. The van der Waals surface area contributed by atoms with Gasteiger partial charge in [-0.2, -0.15) is 0 Å². The quantitative estimate of drug-likeness (QED) is 0.802. The molecule has 1 aromatic carbocycles. The highest BCUT2D eigenvalue weighted by Crippen LogP contribution is 2.23. The molecule has 5 heteroatoms. The van der Waals surface area contributed by atoms with Gasteiger partial charge in [0.15, 0.2) is 5.78 Å². The SMILES string of the molecule is Cn1cnc(C(=O)Cc2ccc(Cl)c(Cl)c2)c1. The molecule has 3 nitrogen and oxygen atoms in total. The summed E-state index contributed by atoms with van der Waals surface area (Å²) in [7, 11) is 1.82. The molecule has 2 aromatic rings. The Kier molecular flexibility index (Phi) is 3.50. The monoisotopic (exact) mass is 268 g/mol. The number of nitrogens with zero attached hydrogens (tertiary/aromatic N) is 2. The molecule has 0 amide bonds. The number of rotatable bonds is 3. The molecule has 0 radical (unpaired) electrons. The number of ketones is 1. The average Bonchev–Trinajstić information content (AvgIpc) is 2.70. The van der Waals surface area contributed by atoms with Gasteiger partial charge in [0.2, 0.25) is 0 Å². The third-order valence-electron chi connectivity index (χ3n) is 2.34. The van der Waals surface area contributed by atoms with Crippen LogP contribution in [0.2, 0.25) is 10.0 Å². The van der Waals surface area contributed by atoms with Crippen molar-refractivity contribution in [3.05, 3.63) is 52.0 Å². The molecule has 0 saturated heterocycles. The largest absolute Gasteiger partial charge is 0.340 e. The van der Waals surface area contributed by atoms with Gasteiger partial charge in [-0.1, -0.05) is 29.3 Å². The molecular formula is C12H10Cl2N2O. The van der Waals surface area contributed by atoms with Crippen molar-refractivity contribution in [2.75, 3.05) is 0 Å². The van der Waals surface area contributed by atoms with Crippen LogP contribution in [0.4, 0.5) is 0 Å². The fourth-order valence-electron chi connectivity index (χ4n) is 1.48. The van der Waals surface area contributed by atoms with Crippen molar-refractivity contribution in [3.63, 3.8) is 0 Å². The fourth-order valence-corrected chi connectivity index (χ4v) is 1.80. The summed E-state index contributed by atoms with van der Waals surface area (Å²) in [5.74, 6) is -0.0380. The summed E-state index contributed by atoms with van der Waals surface area (Å²) in [5.41, 5.74) is 1.29. The zero-order chi connectivity index (χ0) is 12.4. The predicted molar refractivity (Wildman–Crippen MR) is 67.7 cm³/mol. The minimum absolute atomic E-state index is 0.0380. The number of benzene rings is 1. The Bertz CT molecular complexity index is 563. The normalized spacial score (nSPS) is 10.5. The lowest BCUT2D eigenvalue weighted by atomic mass is 10.1. The van der Waals surface area contributed by atoms with E-state index in [1.165, 1.54) is 0 Å². The fraction of sp³-hybridized carbons (Fsp3) is 0.167. The number of aryl methyl sites for hydroxylation is 1. The molecule has 0 bridgehead atoms. The number of Topliss-reactive ketones (excluding diaryl/α,β-unsaturated/α-hetero) is 1. The van der Waals surface area contributed by atoms with Crippen LogP contribution in [0.25, 0.3) is 0 Å². The first-order chi connectivity index (χ1) is 8.06. The highest BCUT2D eigenvalue weighted by atomic mass is 35.5. The van der Waals surface area contributed by atoms with Gasteiger partial charge < -0.3 is 4.57 Å². The van der Waals surface area contributed by atoms with Gasteiger partial charge in [-0.25, -0.2) is 4.98 Å². The third-order valence-corrected chi connectivity index (χ3v) is 3.08. The zero-order valence-electron chi connectivity index (χ0n) is 9.15. The molecule has 0 aliphatic rings. The van der Waals surface area contributed by atoms with Crippen LogP contribution in [-0.4, -0.2) is 15.3 Å². The summed E-state index contributed by atoms with van der Waals surface area (Å²) in [6, 6.07) is 5.17. The highest BCUT2D eigenvalue weighted by Gasteiger charge is 2.10. The molecule has 17 heavy (non-hydrogen) atoms. The number of hydrogen-bond donors (Lipinski definition) is 0. The second kappa shape index (κ2) is 4.90. The summed E-state index contributed by atoms with van der Waals surface area (Å²) in [4.78, 5) is 15.9. The van der Waals surface area contributed by atoms with E-state index in [9.17, 15) is 4.79 Å². The molecular weight excluding hydrogens is 259 g/mol. The van der Waals surface area contributed by atoms with Crippen LogP contribution < -0.4 is 0 Å². The van der Waals surface area contributed by atoms with Gasteiger partial charge in [-0.3, -0.25) is 4.79 Å². The Morgan fingerprint density at radius 2 is 2.12 bits per heavy atom. The van der Waals surface area contributed by atoms with Crippen LogP contribution in [0.1, 0.15) is 16.1 Å². The van der Waals surface area contributed by atoms with Crippen LogP contribution >= 0.6 is 23.2 Å². The van der Waals surface area contributed by atoms with Gasteiger partial charge >= 0.3 is 0 Å². The van der Waals surface area contributed by atoms with Crippen molar-refractivity contribution in [2.45, 2.75) is 6.42 Å². The summed E-state index contributed by atoms with van der Waals surface area (Å²) in [5, 5.41) is 0.943. The van der Waals surface area contributed by atoms with E-state index in [0.29, 0.717) is 15.7 Å². The Morgan fingerprint density at radius 1 is 1.35 bits per heavy atom. The van der Waals surface area contributed by atoms with Crippen LogP contribution in [0.3, 0.4) is 0 Å². The second-order valence-electron chi connectivity index (χ2n) is 3.77. The molecule has 0 fully saturated rings. The zero-order valence-corrected chi connectivity index (χ0v) is 10.7. The van der Waals surface area contributed by atoms with E-state index >= 15 is 0 Å². The van der Waals surface area contributed by atoms with Crippen LogP contribution in [0.5, 0.6) is 0 Å². The van der Waals surface area contributed by atoms with Gasteiger partial charge in [-0.15, -0.1) is 0 Å². The predicted octanol–water partition coefficient (Wildman–Crippen LogP) is 3.15. The first-order valence-corrected chi connectivity index (χ1v) is 5.77. The summed E-state index contributed by atoms with van der Waals surface area (Å²) < 4.78 is 1.74. The van der Waals surface area contributed by atoms with E-state index in [-0.39, 0.29) is 12.2 Å². The smallest absolute Gasteiger partial charge is 0.187 e. The number of aromatic nitrogens is 2. The van der Waals surface area contributed by atoms with Crippen LogP contribution in [0, 0.1) is 0 Å². The topological polar surface area (TPSA) is 34.9 Å². The van der Waals surface area contributed by atoms with Crippen molar-refractivity contribution in [2.24, 2.45) is 7.05 Å². The maximum atomic E-state index is 11.9. The number of hydrogen-bond acceptors (Lipinski definition) is 2. The molecule has 0 aliphatic heterocycles. The van der Waals surface area contributed by atoms with Crippen LogP contribution in [-0.2, 0) is 13.5 Å². The van der Waals surface area contributed by atoms with Gasteiger partial charge in [0.05, 0.1) is 16.4 Å². The van der Waals surface area contributed by atoms with Gasteiger partial charge in [0.1, 0.15) is 5.69 Å². The number of carbonyl (C=O) groups excluding carboxylic acids is 1. The number of carbonyl (C=O) groups is 1. The number of halogens is 2. The maximum Gasteiger partial charge on any atom is 0.187 e. The molecule has 0 spiro atoms. The lowest BCUT2D eigenvalue weighted by Crippen LogP contribution is -2.03. The lowest BCUT2D eigenvalue weighted by molar-refractivity contribution is 0.0988. The average molecular weight is 269 g/mol. The van der Waals surface area contributed by atoms with Crippen molar-refractivity contribution in [1.29, 1.82) is 0 Å². The maximum absolute atomic E-state index is 11.9. The molecule has 0 aliphatic carbocycles. The van der Waals surface area contributed by atoms with Gasteiger partial charge in [-0.05, 0) is 17.7 Å². The summed E-state index contributed by atoms with van der Waals surface area (Å²) in [6.45, 7) is 0. The van der Waals surface area contributed by atoms with Crippen molar-refractivity contribution >= 4 is 29.0 Å². The second-order valence-corrected chi connectivity index (χ2v) is 4.59. The Labute approximate surface area is 109 Å². The molecule has 2 rings (SSSR count). The molecule has 0 unspecified atom stereocenters. The van der Waals surface area contributed by atoms with Crippen LogP contribution in [0.15, 0.2) is 30.7 Å². The Morgan fingerprint density at radius 3 is 2.71 bits per heavy atom. The lowest BCUT2D eigenvalue weighted by Gasteiger charge is -2.01. The summed E-state index contributed by atoms with van der Waals surface area (Å²) >= 11 is 11.7. The minimum Gasteiger partial charge on any atom is -0.340 e. The molecule has 88 valence electrons. The van der Waals surface area contributed by atoms with E-state index < -0.39 is 0 Å². The molecule has 0 atom stereocenters. The first-order valence-electron chi connectivity index (χ1n) is 5.01.